The minimum atomic E-state index is -0.493. The van der Waals surface area contributed by atoms with Gasteiger partial charge in [0.05, 0.1) is 16.6 Å². The summed E-state index contributed by atoms with van der Waals surface area (Å²) in [7, 11) is 0. The number of nitriles is 1. The summed E-state index contributed by atoms with van der Waals surface area (Å²) in [5.41, 5.74) is 1.15. The summed E-state index contributed by atoms with van der Waals surface area (Å²) < 4.78 is 0. The highest BCUT2D eigenvalue weighted by molar-refractivity contribution is 9.09. The molecule has 1 rings (SSSR count). The molecule has 2 unspecified atom stereocenters. The zero-order valence-corrected chi connectivity index (χ0v) is 10.6. The Balaban J connectivity index is 3.23. The number of nitro groups is 1. The number of nitrogens with zero attached hydrogens (tertiary/aromatic N) is 2. The van der Waals surface area contributed by atoms with Gasteiger partial charge < -0.3 is 0 Å². The molecule has 0 amide bonds. The van der Waals surface area contributed by atoms with Crippen LogP contribution in [0.15, 0.2) is 18.2 Å². The lowest BCUT2D eigenvalue weighted by Gasteiger charge is -2.15. The lowest BCUT2D eigenvalue weighted by molar-refractivity contribution is -0.384. The van der Waals surface area contributed by atoms with Crippen molar-refractivity contribution < 1.29 is 4.92 Å². The van der Waals surface area contributed by atoms with Crippen molar-refractivity contribution in [1.82, 2.24) is 0 Å². The summed E-state index contributed by atoms with van der Waals surface area (Å²) in [6, 6.07) is 6.41. The molecule has 0 aliphatic carbocycles. The van der Waals surface area contributed by atoms with E-state index in [9.17, 15) is 10.1 Å². The minimum Gasteiger partial charge on any atom is -0.258 e. The van der Waals surface area contributed by atoms with Crippen molar-refractivity contribution >= 4 is 21.6 Å². The van der Waals surface area contributed by atoms with E-state index in [-0.39, 0.29) is 16.4 Å². The van der Waals surface area contributed by atoms with E-state index in [1.165, 1.54) is 12.1 Å². The van der Waals surface area contributed by atoms with Gasteiger partial charge in [-0.1, -0.05) is 35.8 Å². The molecule has 0 heterocycles. The number of benzene rings is 1. The van der Waals surface area contributed by atoms with Crippen molar-refractivity contribution in [1.29, 1.82) is 5.26 Å². The van der Waals surface area contributed by atoms with Crippen LogP contribution in [-0.2, 0) is 0 Å². The summed E-state index contributed by atoms with van der Waals surface area (Å²) >= 11 is 3.44. The van der Waals surface area contributed by atoms with Gasteiger partial charge in [-0.25, -0.2) is 0 Å². The van der Waals surface area contributed by atoms with Gasteiger partial charge in [0.25, 0.3) is 5.69 Å². The molecule has 1 aromatic rings. The van der Waals surface area contributed by atoms with E-state index >= 15 is 0 Å². The molecule has 16 heavy (non-hydrogen) atoms. The molecule has 0 fully saturated rings. The number of hydrogen-bond acceptors (Lipinski definition) is 3. The predicted octanol–water partition coefficient (Wildman–Crippen LogP) is 3.35. The van der Waals surface area contributed by atoms with Gasteiger partial charge in [-0.2, -0.15) is 5.26 Å². The molecular formula is C11H11BrN2O2. The number of non-ortho nitro benzene ring substituents is 1. The molecule has 0 N–H and O–H groups in total. The topological polar surface area (TPSA) is 66.9 Å². The first-order valence-corrected chi connectivity index (χ1v) is 5.71. The molecule has 5 heteroatoms. The Labute approximate surface area is 102 Å². The smallest absolute Gasteiger partial charge is 0.258 e. The zero-order valence-electron chi connectivity index (χ0n) is 8.98. The highest BCUT2D eigenvalue weighted by atomic mass is 79.9. The minimum absolute atomic E-state index is 0.0466. The van der Waals surface area contributed by atoms with Crippen LogP contribution in [0.5, 0.6) is 0 Å². The number of rotatable bonds is 3. The van der Waals surface area contributed by atoms with Crippen LogP contribution < -0.4 is 0 Å². The first kappa shape index (κ1) is 12.7. The van der Waals surface area contributed by atoms with E-state index in [1.807, 2.05) is 19.9 Å². The van der Waals surface area contributed by atoms with Crippen molar-refractivity contribution in [3.63, 3.8) is 0 Å². The Morgan fingerprint density at radius 1 is 1.50 bits per heavy atom. The highest BCUT2D eigenvalue weighted by Gasteiger charge is 2.18. The van der Waals surface area contributed by atoms with Gasteiger partial charge in [0.1, 0.15) is 0 Å². The summed E-state index contributed by atoms with van der Waals surface area (Å²) in [6.45, 7) is 3.95. The van der Waals surface area contributed by atoms with E-state index in [2.05, 4.69) is 15.9 Å². The van der Waals surface area contributed by atoms with Crippen molar-refractivity contribution in [3.8, 4) is 6.07 Å². The van der Waals surface area contributed by atoms with Crippen LogP contribution in [0.2, 0.25) is 0 Å². The van der Waals surface area contributed by atoms with Crippen LogP contribution in [0, 0.1) is 21.4 Å². The number of alkyl halides is 1. The Morgan fingerprint density at radius 2 is 2.12 bits per heavy atom. The number of hydrogen-bond donors (Lipinski definition) is 0. The van der Waals surface area contributed by atoms with E-state index < -0.39 is 4.92 Å². The Hall–Kier alpha value is -1.41. The lowest BCUT2D eigenvalue weighted by Crippen LogP contribution is -2.06. The molecule has 0 saturated carbocycles. The number of nitro benzene ring substituents is 1. The van der Waals surface area contributed by atoms with Crippen LogP contribution in [0.1, 0.15) is 30.9 Å². The first-order valence-electron chi connectivity index (χ1n) is 4.80. The monoisotopic (exact) mass is 282 g/mol. The average molecular weight is 283 g/mol. The SMILES string of the molecule is CC(Br)C(C)c1ccc([N+](=O)[O-])cc1C#N. The van der Waals surface area contributed by atoms with E-state index in [4.69, 9.17) is 5.26 Å². The lowest BCUT2D eigenvalue weighted by atomic mass is 9.94. The molecule has 0 spiro atoms. The Morgan fingerprint density at radius 3 is 2.56 bits per heavy atom. The van der Waals surface area contributed by atoms with Crippen LogP contribution in [0.3, 0.4) is 0 Å². The molecule has 84 valence electrons. The van der Waals surface area contributed by atoms with Gasteiger partial charge in [0, 0.05) is 17.0 Å². The van der Waals surface area contributed by atoms with Gasteiger partial charge in [0.15, 0.2) is 0 Å². The van der Waals surface area contributed by atoms with E-state index in [1.54, 1.807) is 6.07 Å². The zero-order chi connectivity index (χ0) is 12.3. The van der Waals surface area contributed by atoms with Crippen molar-refractivity contribution in [3.05, 3.63) is 39.4 Å². The van der Waals surface area contributed by atoms with E-state index in [0.717, 1.165) is 5.56 Å². The molecule has 0 radical (unpaired) electrons. The maximum Gasteiger partial charge on any atom is 0.270 e. The third-order valence-electron chi connectivity index (χ3n) is 2.55. The third kappa shape index (κ3) is 2.58. The summed E-state index contributed by atoms with van der Waals surface area (Å²) in [6.07, 6.45) is 0. The van der Waals surface area contributed by atoms with Gasteiger partial charge in [-0.15, -0.1) is 0 Å². The molecule has 0 saturated heterocycles. The normalized spacial score (nSPS) is 13.9. The molecule has 2 atom stereocenters. The van der Waals surface area contributed by atoms with Gasteiger partial charge >= 0.3 is 0 Å². The molecule has 4 nitrogen and oxygen atoms in total. The predicted molar refractivity (Wildman–Crippen MR) is 64.6 cm³/mol. The van der Waals surface area contributed by atoms with Crippen LogP contribution in [-0.4, -0.2) is 9.75 Å². The van der Waals surface area contributed by atoms with Crippen molar-refractivity contribution in [2.75, 3.05) is 0 Å². The summed E-state index contributed by atoms with van der Waals surface area (Å²) in [4.78, 5) is 10.3. The maximum absolute atomic E-state index is 10.6. The fourth-order valence-corrected chi connectivity index (χ4v) is 1.68. The largest absolute Gasteiger partial charge is 0.270 e. The van der Waals surface area contributed by atoms with Crippen molar-refractivity contribution in [2.24, 2.45) is 0 Å². The molecule has 0 bridgehead atoms. The third-order valence-corrected chi connectivity index (χ3v) is 3.34. The van der Waals surface area contributed by atoms with Gasteiger partial charge in [-0.05, 0) is 11.5 Å². The summed E-state index contributed by atoms with van der Waals surface area (Å²) in [5.74, 6) is 0.135. The van der Waals surface area contributed by atoms with Gasteiger partial charge in [0.2, 0.25) is 0 Å². The van der Waals surface area contributed by atoms with E-state index in [0.29, 0.717) is 5.56 Å². The number of halogens is 1. The highest BCUT2D eigenvalue weighted by Crippen LogP contribution is 2.29. The van der Waals surface area contributed by atoms with Crippen LogP contribution in [0.4, 0.5) is 5.69 Å². The molecule has 0 aromatic heterocycles. The Bertz CT molecular complexity index is 452. The molecular weight excluding hydrogens is 272 g/mol. The maximum atomic E-state index is 10.6. The fourth-order valence-electron chi connectivity index (χ4n) is 1.40. The quantitative estimate of drug-likeness (QED) is 0.485. The first-order chi connectivity index (χ1) is 7.47. The molecule has 0 aliphatic rings. The molecule has 0 aliphatic heterocycles. The van der Waals surface area contributed by atoms with Crippen molar-refractivity contribution in [2.45, 2.75) is 24.6 Å². The van der Waals surface area contributed by atoms with Gasteiger partial charge in [-0.3, -0.25) is 10.1 Å². The fraction of sp³-hybridized carbons (Fsp3) is 0.364. The Kier molecular flexibility index (Phi) is 4.02. The van der Waals surface area contributed by atoms with Crippen LogP contribution in [0.25, 0.3) is 0 Å². The summed E-state index contributed by atoms with van der Waals surface area (Å²) in [5, 5.41) is 19.5. The van der Waals surface area contributed by atoms with Crippen LogP contribution >= 0.6 is 15.9 Å². The second kappa shape index (κ2) is 5.08. The molecule has 1 aromatic carbocycles. The second-order valence-corrected chi connectivity index (χ2v) is 5.05. The standard InChI is InChI=1S/C11H11BrN2O2/c1-7(8(2)12)11-4-3-10(14(15)16)5-9(11)6-13/h3-5,7-8H,1-2H3. The second-order valence-electron chi connectivity index (χ2n) is 3.61. The average Bonchev–Trinajstić information content (AvgIpc) is 2.26.